The molecule has 0 aliphatic heterocycles. The van der Waals surface area contributed by atoms with Gasteiger partial charge in [-0.1, -0.05) is 20.8 Å². The first-order chi connectivity index (χ1) is 14.1. The highest BCUT2D eigenvalue weighted by atomic mass is 16.5. The van der Waals surface area contributed by atoms with Crippen molar-refractivity contribution in [2.24, 2.45) is 46.3 Å². The van der Waals surface area contributed by atoms with Gasteiger partial charge in [-0.05, 0) is 85.9 Å². The van der Waals surface area contributed by atoms with Gasteiger partial charge in [-0.15, -0.1) is 0 Å². The standard InChI is InChI=1S/C25H40O5/c1-14(5-8-22(29)30-4)17-6-7-18-23-19(13-21(28)25(17,18)3)24(2)10-9-16(26)11-15(24)12-20(23)27/h14-20,23,26-27H,5-13H2,1-4H3/t14-,15+,16+,17-,18+,19+,20+,23+,24+,25-/m1/s1. The number of ether oxygens (including phenoxy) is 1. The summed E-state index contributed by atoms with van der Waals surface area (Å²) in [6, 6.07) is 0. The summed E-state index contributed by atoms with van der Waals surface area (Å²) in [6.07, 6.45) is 6.39. The lowest BCUT2D eigenvalue weighted by molar-refractivity contribution is -0.181. The molecule has 4 saturated carbocycles. The molecule has 4 aliphatic rings. The van der Waals surface area contributed by atoms with Crippen molar-refractivity contribution in [2.45, 2.75) is 90.8 Å². The van der Waals surface area contributed by atoms with E-state index >= 15 is 0 Å². The Kier molecular flexibility index (Phi) is 5.85. The molecular formula is C25H40O5. The summed E-state index contributed by atoms with van der Waals surface area (Å²) >= 11 is 0. The Labute approximate surface area is 180 Å². The molecule has 0 spiro atoms. The monoisotopic (exact) mass is 420 g/mol. The second kappa shape index (κ2) is 7.88. The van der Waals surface area contributed by atoms with Gasteiger partial charge >= 0.3 is 5.97 Å². The van der Waals surface area contributed by atoms with Crippen LogP contribution in [0.2, 0.25) is 0 Å². The number of aliphatic hydroxyl groups excluding tert-OH is 2. The van der Waals surface area contributed by atoms with Crippen LogP contribution in [0.5, 0.6) is 0 Å². The molecule has 2 N–H and O–H groups in total. The van der Waals surface area contributed by atoms with E-state index in [9.17, 15) is 19.8 Å². The van der Waals surface area contributed by atoms with E-state index < -0.39 is 5.41 Å². The number of rotatable bonds is 4. The van der Waals surface area contributed by atoms with Gasteiger partial charge in [0.1, 0.15) is 5.78 Å². The second-order valence-electron chi connectivity index (χ2n) is 11.4. The largest absolute Gasteiger partial charge is 0.469 e. The molecule has 0 aromatic heterocycles. The number of hydrogen-bond donors (Lipinski definition) is 2. The SMILES string of the molecule is COC(=O)CC[C@@H](C)[C@H]1CC[C@H]2[C@@H]3[C@@H](O)C[C@@H]4C[C@@H](O)CC[C@]4(C)[C@H]3CC(=O)[C@]12C. The molecule has 30 heavy (non-hydrogen) atoms. The van der Waals surface area contributed by atoms with Gasteiger partial charge in [0.15, 0.2) is 0 Å². The normalized spacial score (nSPS) is 49.0. The van der Waals surface area contributed by atoms with Crippen LogP contribution < -0.4 is 0 Å². The van der Waals surface area contributed by atoms with Gasteiger partial charge in [0, 0.05) is 18.3 Å². The Bertz CT molecular complexity index is 691. The highest BCUT2D eigenvalue weighted by Gasteiger charge is 2.65. The van der Waals surface area contributed by atoms with E-state index in [1.54, 1.807) is 0 Å². The first kappa shape index (κ1) is 22.3. The number of carbonyl (C=O) groups is 2. The van der Waals surface area contributed by atoms with Crippen LogP contribution >= 0.6 is 0 Å². The molecule has 0 aromatic carbocycles. The van der Waals surface area contributed by atoms with E-state index in [2.05, 4.69) is 20.8 Å². The fourth-order valence-electron chi connectivity index (χ4n) is 8.51. The molecule has 5 heteroatoms. The summed E-state index contributed by atoms with van der Waals surface area (Å²) in [5, 5.41) is 21.5. The molecule has 0 aromatic rings. The molecular weight excluding hydrogens is 380 g/mol. The van der Waals surface area contributed by atoms with Crippen molar-refractivity contribution in [3.63, 3.8) is 0 Å². The minimum absolute atomic E-state index is 0.0503. The van der Waals surface area contributed by atoms with Gasteiger partial charge in [0.05, 0.1) is 19.3 Å². The topological polar surface area (TPSA) is 83.8 Å². The minimum atomic E-state index is -0.394. The number of methoxy groups -OCH3 is 1. The number of hydrogen-bond acceptors (Lipinski definition) is 5. The first-order valence-corrected chi connectivity index (χ1v) is 12.1. The molecule has 4 fully saturated rings. The quantitative estimate of drug-likeness (QED) is 0.677. The Morgan fingerprint density at radius 2 is 1.90 bits per heavy atom. The third-order valence-corrected chi connectivity index (χ3v) is 10.3. The van der Waals surface area contributed by atoms with Crippen LogP contribution in [-0.2, 0) is 14.3 Å². The Hall–Kier alpha value is -0.940. The molecule has 0 saturated heterocycles. The zero-order valence-corrected chi connectivity index (χ0v) is 19.1. The van der Waals surface area contributed by atoms with Gasteiger partial charge in [-0.3, -0.25) is 9.59 Å². The first-order valence-electron chi connectivity index (χ1n) is 12.1. The number of fused-ring (bicyclic) bond motifs is 5. The van der Waals surface area contributed by atoms with Crippen molar-refractivity contribution < 1.29 is 24.5 Å². The van der Waals surface area contributed by atoms with Crippen LogP contribution in [0.25, 0.3) is 0 Å². The molecule has 170 valence electrons. The van der Waals surface area contributed by atoms with Crippen LogP contribution in [0.3, 0.4) is 0 Å². The molecule has 0 amide bonds. The Morgan fingerprint density at radius 1 is 1.17 bits per heavy atom. The van der Waals surface area contributed by atoms with E-state index in [0.717, 1.165) is 44.9 Å². The number of ketones is 1. The summed E-state index contributed by atoms with van der Waals surface area (Å²) in [5.74, 6) is 1.70. The summed E-state index contributed by atoms with van der Waals surface area (Å²) in [5.41, 5.74) is -0.343. The van der Waals surface area contributed by atoms with E-state index in [0.29, 0.717) is 24.5 Å². The zero-order valence-electron chi connectivity index (χ0n) is 19.1. The van der Waals surface area contributed by atoms with Crippen molar-refractivity contribution >= 4 is 11.8 Å². The predicted molar refractivity (Wildman–Crippen MR) is 113 cm³/mol. The zero-order chi connectivity index (χ0) is 21.8. The second-order valence-corrected chi connectivity index (χ2v) is 11.4. The van der Waals surface area contributed by atoms with E-state index in [-0.39, 0.29) is 53.2 Å². The summed E-state index contributed by atoms with van der Waals surface area (Å²) in [4.78, 5) is 25.4. The Balaban J connectivity index is 1.59. The molecule has 5 nitrogen and oxygen atoms in total. The maximum Gasteiger partial charge on any atom is 0.305 e. The lowest BCUT2D eigenvalue weighted by Gasteiger charge is -2.61. The molecule has 0 radical (unpaired) electrons. The maximum absolute atomic E-state index is 13.7. The molecule has 0 bridgehead atoms. The van der Waals surface area contributed by atoms with Crippen molar-refractivity contribution in [3.05, 3.63) is 0 Å². The molecule has 0 heterocycles. The van der Waals surface area contributed by atoms with Crippen LogP contribution in [0, 0.1) is 46.3 Å². The molecule has 4 aliphatic carbocycles. The highest BCUT2D eigenvalue weighted by molar-refractivity contribution is 5.87. The van der Waals surface area contributed by atoms with Gasteiger partial charge < -0.3 is 14.9 Å². The van der Waals surface area contributed by atoms with Crippen LogP contribution in [0.15, 0.2) is 0 Å². The third kappa shape index (κ3) is 3.26. The van der Waals surface area contributed by atoms with E-state index in [4.69, 9.17) is 4.74 Å². The van der Waals surface area contributed by atoms with Gasteiger partial charge in [0.2, 0.25) is 0 Å². The van der Waals surface area contributed by atoms with Crippen molar-refractivity contribution in [1.29, 1.82) is 0 Å². The number of Topliss-reactive ketones (excluding diaryl/α,β-unsaturated/α-hetero) is 1. The summed E-state index contributed by atoms with van der Waals surface area (Å²) < 4.78 is 4.81. The molecule has 0 unspecified atom stereocenters. The predicted octanol–water partition coefficient (Wildman–Crippen LogP) is 3.75. The van der Waals surface area contributed by atoms with E-state index in [1.165, 1.54) is 7.11 Å². The van der Waals surface area contributed by atoms with Gasteiger partial charge in [-0.2, -0.15) is 0 Å². The third-order valence-electron chi connectivity index (χ3n) is 10.3. The van der Waals surface area contributed by atoms with Crippen LogP contribution in [-0.4, -0.2) is 41.3 Å². The molecule has 10 atom stereocenters. The lowest BCUT2D eigenvalue weighted by atomic mass is 9.43. The fraction of sp³-hybridized carbons (Fsp3) is 0.920. The maximum atomic E-state index is 13.7. The Morgan fingerprint density at radius 3 is 2.60 bits per heavy atom. The van der Waals surface area contributed by atoms with Crippen molar-refractivity contribution in [2.75, 3.05) is 7.11 Å². The summed E-state index contributed by atoms with van der Waals surface area (Å²) in [6.45, 7) is 6.67. The summed E-state index contributed by atoms with van der Waals surface area (Å²) in [7, 11) is 1.42. The fourth-order valence-corrected chi connectivity index (χ4v) is 8.51. The van der Waals surface area contributed by atoms with Gasteiger partial charge in [0.25, 0.3) is 0 Å². The number of esters is 1. The number of aliphatic hydroxyl groups is 2. The minimum Gasteiger partial charge on any atom is -0.469 e. The molecule has 4 rings (SSSR count). The lowest BCUT2D eigenvalue weighted by Crippen LogP contribution is -2.61. The van der Waals surface area contributed by atoms with Crippen molar-refractivity contribution in [1.82, 2.24) is 0 Å². The average Bonchev–Trinajstić information content (AvgIpc) is 3.06. The van der Waals surface area contributed by atoms with Crippen molar-refractivity contribution in [3.8, 4) is 0 Å². The highest BCUT2D eigenvalue weighted by Crippen LogP contribution is 2.67. The van der Waals surface area contributed by atoms with Gasteiger partial charge in [-0.25, -0.2) is 0 Å². The van der Waals surface area contributed by atoms with Crippen LogP contribution in [0.1, 0.15) is 78.6 Å². The smallest absolute Gasteiger partial charge is 0.305 e. The average molecular weight is 421 g/mol. The number of carbonyl (C=O) groups excluding carboxylic acids is 2. The van der Waals surface area contributed by atoms with Crippen LogP contribution in [0.4, 0.5) is 0 Å². The van der Waals surface area contributed by atoms with E-state index in [1.807, 2.05) is 0 Å².